The lowest BCUT2D eigenvalue weighted by Crippen LogP contribution is -2.37. The molecule has 7 heteroatoms. The smallest absolute Gasteiger partial charge is 0.306 e. The van der Waals surface area contributed by atoms with Gasteiger partial charge in [0, 0.05) is 31.3 Å². The number of ether oxygens (including phenoxy) is 1. The van der Waals surface area contributed by atoms with E-state index in [1.165, 1.54) is 11.1 Å². The number of carbonyl (C=O) groups excluding carboxylic acids is 2. The zero-order chi connectivity index (χ0) is 29.2. The standard InChI is InChI=1S/C34H46N4O3/c1-23(2)19-20-36-31(39)10-7-21-41-32(40)22-27-15-16-28-29(17-18-30(27)35)34(26-13-11-24(3)12-14-26)38-37-33(28)25-8-5-4-6-9-25/h4-6,8-9,11-14,23,27-28,30,38H,7,10,15-22,35H2,1-3H3,(H,36,39)/t27-,28?,30-/m0/s1. The fraction of sp³-hybridized carbons (Fsp3) is 0.500. The number of hydrogen-bond donors (Lipinski definition) is 3. The Morgan fingerprint density at radius 2 is 1.80 bits per heavy atom. The molecular formula is C34H46N4O3. The Labute approximate surface area is 245 Å². The molecule has 2 aliphatic rings. The van der Waals surface area contributed by atoms with Crippen LogP contribution < -0.4 is 16.5 Å². The van der Waals surface area contributed by atoms with Gasteiger partial charge in [-0.05, 0) is 74.0 Å². The number of fused-ring (bicyclic) bond motifs is 1. The van der Waals surface area contributed by atoms with E-state index in [-0.39, 0.29) is 36.4 Å². The first-order valence-electron chi connectivity index (χ1n) is 15.2. The number of carbonyl (C=O) groups is 2. The molecule has 220 valence electrons. The maximum Gasteiger partial charge on any atom is 0.306 e. The molecule has 1 heterocycles. The molecule has 1 saturated carbocycles. The van der Waals surface area contributed by atoms with E-state index in [1.54, 1.807) is 0 Å². The van der Waals surface area contributed by atoms with Gasteiger partial charge in [0.15, 0.2) is 0 Å². The number of amides is 1. The Kier molecular flexibility index (Phi) is 11.1. The molecule has 2 aromatic carbocycles. The van der Waals surface area contributed by atoms with Gasteiger partial charge in [0.1, 0.15) is 0 Å². The molecule has 1 unspecified atom stereocenters. The van der Waals surface area contributed by atoms with Crippen LogP contribution in [0.15, 0.2) is 65.3 Å². The van der Waals surface area contributed by atoms with E-state index in [2.05, 4.69) is 67.9 Å². The minimum Gasteiger partial charge on any atom is -0.466 e. The molecule has 1 fully saturated rings. The van der Waals surface area contributed by atoms with E-state index in [9.17, 15) is 9.59 Å². The molecule has 1 amide bonds. The van der Waals surface area contributed by atoms with Crippen molar-refractivity contribution in [3.8, 4) is 0 Å². The highest BCUT2D eigenvalue weighted by atomic mass is 16.5. The van der Waals surface area contributed by atoms with Crippen LogP contribution in [0.5, 0.6) is 0 Å². The highest BCUT2D eigenvalue weighted by molar-refractivity contribution is 6.05. The summed E-state index contributed by atoms with van der Waals surface area (Å²) in [5, 5.41) is 7.81. The summed E-state index contributed by atoms with van der Waals surface area (Å²) >= 11 is 0. The Morgan fingerprint density at radius 1 is 1.05 bits per heavy atom. The van der Waals surface area contributed by atoms with Crippen molar-refractivity contribution in [3.63, 3.8) is 0 Å². The van der Waals surface area contributed by atoms with Gasteiger partial charge in [-0.15, -0.1) is 0 Å². The number of allylic oxidation sites excluding steroid dienone is 1. The van der Waals surface area contributed by atoms with E-state index in [0.717, 1.165) is 54.6 Å². The largest absolute Gasteiger partial charge is 0.466 e. The number of nitrogens with two attached hydrogens (primary N) is 1. The normalized spacial score (nSPS) is 20.8. The molecule has 2 aromatic rings. The molecular weight excluding hydrogens is 512 g/mol. The highest BCUT2D eigenvalue weighted by Gasteiger charge is 2.34. The molecule has 7 nitrogen and oxygen atoms in total. The van der Waals surface area contributed by atoms with E-state index in [0.29, 0.717) is 31.7 Å². The van der Waals surface area contributed by atoms with E-state index >= 15 is 0 Å². The van der Waals surface area contributed by atoms with Crippen LogP contribution in [0.3, 0.4) is 0 Å². The molecule has 0 saturated heterocycles. The van der Waals surface area contributed by atoms with E-state index in [1.807, 2.05) is 18.2 Å². The molecule has 1 aliphatic heterocycles. The summed E-state index contributed by atoms with van der Waals surface area (Å²) in [6, 6.07) is 18.8. The zero-order valence-corrected chi connectivity index (χ0v) is 24.8. The quantitative estimate of drug-likeness (QED) is 0.242. The number of esters is 1. The topological polar surface area (TPSA) is 106 Å². The number of hydrazone groups is 1. The van der Waals surface area contributed by atoms with Gasteiger partial charge in [-0.1, -0.05) is 74.0 Å². The van der Waals surface area contributed by atoms with Crippen molar-refractivity contribution in [2.75, 3.05) is 13.2 Å². The Hall–Kier alpha value is -3.45. The Morgan fingerprint density at radius 3 is 2.54 bits per heavy atom. The number of aryl methyl sites for hydroxylation is 1. The first kappa shape index (κ1) is 30.5. The zero-order valence-electron chi connectivity index (χ0n) is 24.8. The van der Waals surface area contributed by atoms with Crippen LogP contribution >= 0.6 is 0 Å². The summed E-state index contributed by atoms with van der Waals surface area (Å²) < 4.78 is 5.52. The summed E-state index contributed by atoms with van der Waals surface area (Å²) in [6.07, 6.45) is 5.46. The second kappa shape index (κ2) is 15.0. The molecule has 0 aromatic heterocycles. The third-order valence-electron chi connectivity index (χ3n) is 8.23. The third kappa shape index (κ3) is 8.77. The molecule has 3 atom stereocenters. The molecule has 1 aliphatic carbocycles. The summed E-state index contributed by atoms with van der Waals surface area (Å²) in [5.74, 6) is 0.522. The summed E-state index contributed by atoms with van der Waals surface area (Å²) in [5.41, 5.74) is 17.0. The van der Waals surface area contributed by atoms with Crippen molar-refractivity contribution in [1.29, 1.82) is 0 Å². The van der Waals surface area contributed by atoms with Gasteiger partial charge < -0.3 is 15.8 Å². The number of nitrogens with one attached hydrogen (secondary N) is 2. The Bertz CT molecular complexity index is 1220. The van der Waals surface area contributed by atoms with Gasteiger partial charge in [-0.3, -0.25) is 15.0 Å². The van der Waals surface area contributed by atoms with Crippen molar-refractivity contribution < 1.29 is 14.3 Å². The number of benzene rings is 2. The van der Waals surface area contributed by atoms with Crippen LogP contribution in [0, 0.1) is 24.7 Å². The van der Waals surface area contributed by atoms with Gasteiger partial charge in [-0.2, -0.15) is 5.10 Å². The summed E-state index contributed by atoms with van der Waals surface area (Å²) in [6.45, 7) is 7.30. The van der Waals surface area contributed by atoms with Gasteiger partial charge in [0.2, 0.25) is 5.91 Å². The number of rotatable bonds is 11. The first-order valence-corrected chi connectivity index (χ1v) is 15.2. The van der Waals surface area contributed by atoms with Crippen molar-refractivity contribution in [2.45, 2.75) is 78.2 Å². The predicted molar refractivity (Wildman–Crippen MR) is 165 cm³/mol. The van der Waals surface area contributed by atoms with Crippen LogP contribution in [0.2, 0.25) is 0 Å². The van der Waals surface area contributed by atoms with Crippen LogP contribution in [0.4, 0.5) is 0 Å². The van der Waals surface area contributed by atoms with E-state index in [4.69, 9.17) is 15.6 Å². The maximum absolute atomic E-state index is 12.8. The first-order chi connectivity index (χ1) is 19.8. The fourth-order valence-corrected chi connectivity index (χ4v) is 5.75. The second-order valence-corrected chi connectivity index (χ2v) is 11.9. The lowest BCUT2D eigenvalue weighted by molar-refractivity contribution is -0.145. The molecule has 0 bridgehead atoms. The molecule has 4 rings (SSSR count). The van der Waals surface area contributed by atoms with Gasteiger partial charge in [0.05, 0.1) is 18.0 Å². The number of nitrogens with zero attached hydrogens (tertiary/aromatic N) is 1. The van der Waals surface area contributed by atoms with Gasteiger partial charge in [0.25, 0.3) is 0 Å². The maximum atomic E-state index is 12.8. The minimum atomic E-state index is -0.232. The summed E-state index contributed by atoms with van der Waals surface area (Å²) in [4.78, 5) is 24.7. The second-order valence-electron chi connectivity index (χ2n) is 11.9. The van der Waals surface area contributed by atoms with Crippen LogP contribution in [-0.4, -0.2) is 36.8 Å². The van der Waals surface area contributed by atoms with Gasteiger partial charge >= 0.3 is 5.97 Å². The molecule has 0 radical (unpaired) electrons. The highest BCUT2D eigenvalue weighted by Crippen LogP contribution is 2.39. The Balaban J connectivity index is 1.38. The van der Waals surface area contributed by atoms with Crippen LogP contribution in [0.1, 0.15) is 81.9 Å². The van der Waals surface area contributed by atoms with Crippen molar-refractivity contribution in [1.82, 2.24) is 10.7 Å². The molecule has 41 heavy (non-hydrogen) atoms. The lowest BCUT2D eigenvalue weighted by Gasteiger charge is -2.35. The van der Waals surface area contributed by atoms with Crippen LogP contribution in [0.25, 0.3) is 5.70 Å². The summed E-state index contributed by atoms with van der Waals surface area (Å²) in [7, 11) is 0. The SMILES string of the molecule is Cc1ccc(C2=C3CC[C@H](N)[C@H](CC(=O)OCCCC(=O)NCCC(C)C)CCC3C(c3ccccc3)=NN2)cc1. The van der Waals surface area contributed by atoms with E-state index < -0.39 is 0 Å². The fourth-order valence-electron chi connectivity index (χ4n) is 5.75. The van der Waals surface area contributed by atoms with Gasteiger partial charge in [-0.25, -0.2) is 0 Å². The average Bonchev–Trinajstić information content (AvgIpc) is 2.96. The average molecular weight is 559 g/mol. The number of hydrogen-bond acceptors (Lipinski definition) is 6. The van der Waals surface area contributed by atoms with Crippen molar-refractivity contribution in [3.05, 3.63) is 76.9 Å². The monoisotopic (exact) mass is 558 g/mol. The van der Waals surface area contributed by atoms with Crippen molar-refractivity contribution in [2.24, 2.45) is 28.6 Å². The molecule has 0 spiro atoms. The van der Waals surface area contributed by atoms with Crippen LogP contribution in [-0.2, 0) is 14.3 Å². The lowest BCUT2D eigenvalue weighted by atomic mass is 9.74. The molecule has 4 N–H and O–H groups in total. The van der Waals surface area contributed by atoms with Crippen molar-refractivity contribution >= 4 is 23.3 Å². The third-order valence-corrected chi connectivity index (χ3v) is 8.23. The minimum absolute atomic E-state index is 0.00969. The predicted octanol–water partition coefficient (Wildman–Crippen LogP) is 5.72.